The summed E-state index contributed by atoms with van der Waals surface area (Å²) >= 11 is 0. The lowest BCUT2D eigenvalue weighted by atomic mass is 9.66. The van der Waals surface area contributed by atoms with Crippen molar-refractivity contribution < 1.29 is 4.74 Å². The van der Waals surface area contributed by atoms with E-state index >= 15 is 0 Å². The predicted octanol–water partition coefficient (Wildman–Crippen LogP) is 13.6. The minimum atomic E-state index is -0.574. The Hall–Kier alpha value is -6.65. The Morgan fingerprint density at radius 2 is 0.931 bits per heavy atom. The fraction of sp³-hybridized carbons (Fsp3) is 0.167. The third kappa shape index (κ3) is 5.69. The summed E-state index contributed by atoms with van der Waals surface area (Å²) in [6.07, 6.45) is 0. The maximum atomic E-state index is 6.73. The first-order chi connectivity index (χ1) is 28.0. The minimum Gasteiger partial charge on any atom is -0.457 e. The monoisotopic (exact) mass is 751 g/mol. The topological polar surface area (TPSA) is 47.9 Å². The molecule has 0 bridgehead atoms. The summed E-state index contributed by atoms with van der Waals surface area (Å²) in [5.41, 5.74) is 15.7. The van der Waals surface area contributed by atoms with Crippen LogP contribution in [0.25, 0.3) is 56.2 Å². The maximum absolute atomic E-state index is 6.73. The van der Waals surface area contributed by atoms with Crippen LogP contribution in [0.15, 0.2) is 164 Å². The molecule has 282 valence electrons. The van der Waals surface area contributed by atoms with Crippen LogP contribution in [0, 0.1) is 0 Å². The van der Waals surface area contributed by atoms with E-state index in [0.29, 0.717) is 5.82 Å². The molecular weight excluding hydrogens is 707 g/mol. The molecule has 1 aliphatic carbocycles. The van der Waals surface area contributed by atoms with Gasteiger partial charge in [0.15, 0.2) is 5.82 Å². The number of para-hydroxylation sites is 1. The van der Waals surface area contributed by atoms with Gasteiger partial charge in [0, 0.05) is 49.9 Å². The van der Waals surface area contributed by atoms with E-state index in [4.69, 9.17) is 19.7 Å². The Morgan fingerprint density at radius 3 is 1.57 bits per heavy atom. The van der Waals surface area contributed by atoms with Crippen molar-refractivity contribution in [3.05, 3.63) is 197 Å². The van der Waals surface area contributed by atoms with Crippen LogP contribution in [-0.4, -0.2) is 15.0 Å². The average Bonchev–Trinajstić information content (AvgIpc) is 3.53. The summed E-state index contributed by atoms with van der Waals surface area (Å²) in [4.78, 5) is 15.8. The number of hydrogen-bond donors (Lipinski definition) is 0. The second kappa shape index (κ2) is 13.2. The van der Waals surface area contributed by atoms with E-state index < -0.39 is 5.41 Å². The van der Waals surface area contributed by atoms with E-state index in [1.165, 1.54) is 22.3 Å². The van der Waals surface area contributed by atoms with Gasteiger partial charge in [0.1, 0.15) is 11.5 Å². The summed E-state index contributed by atoms with van der Waals surface area (Å²) in [5, 5.41) is 0. The molecule has 0 fully saturated rings. The molecule has 4 heteroatoms. The molecule has 58 heavy (non-hydrogen) atoms. The molecule has 0 amide bonds. The van der Waals surface area contributed by atoms with Crippen molar-refractivity contribution in [2.75, 3.05) is 0 Å². The van der Waals surface area contributed by atoms with Crippen molar-refractivity contribution in [2.24, 2.45) is 0 Å². The number of fused-ring (bicyclic) bond motifs is 9. The molecule has 0 N–H and O–H groups in total. The van der Waals surface area contributed by atoms with E-state index in [-0.39, 0.29) is 10.8 Å². The van der Waals surface area contributed by atoms with E-state index in [1.54, 1.807) is 0 Å². The van der Waals surface area contributed by atoms with Crippen molar-refractivity contribution in [1.82, 2.24) is 15.0 Å². The zero-order chi connectivity index (χ0) is 39.8. The maximum Gasteiger partial charge on any atom is 0.160 e. The first-order valence-electron chi connectivity index (χ1n) is 20.2. The van der Waals surface area contributed by atoms with Crippen molar-refractivity contribution >= 4 is 0 Å². The predicted molar refractivity (Wildman–Crippen MR) is 236 cm³/mol. The van der Waals surface area contributed by atoms with Crippen LogP contribution >= 0.6 is 0 Å². The van der Waals surface area contributed by atoms with Gasteiger partial charge < -0.3 is 4.74 Å². The summed E-state index contributed by atoms with van der Waals surface area (Å²) in [7, 11) is 0. The molecule has 0 atom stereocenters. The molecule has 0 saturated heterocycles. The van der Waals surface area contributed by atoms with Crippen LogP contribution in [0.3, 0.4) is 0 Å². The second-order valence-corrected chi connectivity index (χ2v) is 17.6. The van der Waals surface area contributed by atoms with E-state index in [2.05, 4.69) is 199 Å². The number of nitrogens with zero attached hydrogens (tertiary/aromatic N) is 3. The molecule has 2 aromatic heterocycles. The van der Waals surface area contributed by atoms with Gasteiger partial charge in [0.25, 0.3) is 0 Å². The number of pyridine rings is 1. The zero-order valence-electron chi connectivity index (χ0n) is 33.8. The van der Waals surface area contributed by atoms with Gasteiger partial charge in [-0.05, 0) is 64.2 Å². The lowest BCUT2D eigenvalue weighted by molar-refractivity contribution is 0.436. The fourth-order valence-electron chi connectivity index (χ4n) is 8.98. The number of aromatic nitrogens is 3. The molecule has 1 aliphatic heterocycles. The minimum absolute atomic E-state index is 0.0359. The zero-order valence-corrected chi connectivity index (χ0v) is 33.8. The SMILES string of the molecule is CC(C)(C)c1ccc(-c2ccc(-c3cc(-c4ccccc4)nc(-c4ccc5c(c4)C4(c6ccccc6O5)c5ccccc5-c5ccccc54)n3)cc2)c(C(C)(C)C)n1. The molecule has 8 aromatic rings. The van der Waals surface area contributed by atoms with Crippen molar-refractivity contribution in [1.29, 1.82) is 0 Å². The number of benzene rings is 6. The molecule has 2 aliphatic rings. The Kier molecular flexibility index (Phi) is 8.14. The van der Waals surface area contributed by atoms with E-state index in [9.17, 15) is 0 Å². The van der Waals surface area contributed by atoms with Gasteiger partial charge in [-0.25, -0.2) is 9.97 Å². The van der Waals surface area contributed by atoms with Gasteiger partial charge in [-0.15, -0.1) is 0 Å². The third-order valence-electron chi connectivity index (χ3n) is 11.8. The van der Waals surface area contributed by atoms with Crippen molar-refractivity contribution in [3.8, 4) is 67.7 Å². The Bertz CT molecular complexity index is 2830. The lowest BCUT2D eigenvalue weighted by Crippen LogP contribution is -2.32. The molecule has 3 heterocycles. The molecule has 6 aromatic carbocycles. The summed E-state index contributed by atoms with van der Waals surface area (Å²) in [6.45, 7) is 13.4. The molecule has 10 rings (SSSR count). The van der Waals surface area contributed by atoms with Crippen LogP contribution in [0.4, 0.5) is 0 Å². The van der Waals surface area contributed by atoms with Crippen LogP contribution in [0.2, 0.25) is 0 Å². The molecule has 0 saturated carbocycles. The summed E-state index contributed by atoms with van der Waals surface area (Å²) in [5.74, 6) is 2.37. The Balaban J connectivity index is 1.13. The summed E-state index contributed by atoms with van der Waals surface area (Å²) < 4.78 is 6.73. The van der Waals surface area contributed by atoms with Gasteiger partial charge >= 0.3 is 0 Å². The Morgan fingerprint density at radius 1 is 0.397 bits per heavy atom. The van der Waals surface area contributed by atoms with Crippen LogP contribution in [-0.2, 0) is 16.2 Å². The van der Waals surface area contributed by atoms with E-state index in [0.717, 1.165) is 73.2 Å². The first kappa shape index (κ1) is 35.7. The molecule has 4 nitrogen and oxygen atoms in total. The highest BCUT2D eigenvalue weighted by Crippen LogP contribution is 2.62. The number of rotatable bonds is 4. The average molecular weight is 752 g/mol. The largest absolute Gasteiger partial charge is 0.457 e. The quantitative estimate of drug-likeness (QED) is 0.180. The number of ether oxygens (including phenoxy) is 1. The number of hydrogen-bond acceptors (Lipinski definition) is 4. The fourth-order valence-corrected chi connectivity index (χ4v) is 8.98. The third-order valence-corrected chi connectivity index (χ3v) is 11.8. The van der Waals surface area contributed by atoms with Gasteiger partial charge in [0.05, 0.1) is 22.5 Å². The first-order valence-corrected chi connectivity index (χ1v) is 20.2. The van der Waals surface area contributed by atoms with Gasteiger partial charge in [0.2, 0.25) is 0 Å². The molecule has 1 spiro atoms. The highest BCUT2D eigenvalue weighted by atomic mass is 16.5. The van der Waals surface area contributed by atoms with Crippen molar-refractivity contribution in [3.63, 3.8) is 0 Å². The van der Waals surface area contributed by atoms with Gasteiger partial charge in [-0.3, -0.25) is 4.98 Å². The lowest BCUT2D eigenvalue weighted by Gasteiger charge is -2.39. The van der Waals surface area contributed by atoms with Crippen molar-refractivity contribution in [2.45, 2.75) is 57.8 Å². The normalized spacial score (nSPS) is 13.6. The standard InChI is InChI=1S/C54H45N3O/c1-52(2,3)49-31-29-38(50(57-49)53(4,5)6)34-24-26-36(27-25-34)46-33-45(35-16-8-7-9-17-35)55-51(56-46)37-28-30-48-44(32-37)54(43-22-14-15-23-47(43)58-48)41-20-12-10-18-39(41)40-19-11-13-21-42(40)54/h7-33H,1-6H3. The Labute approximate surface area is 341 Å². The van der Waals surface area contributed by atoms with Crippen LogP contribution in [0.5, 0.6) is 11.5 Å². The van der Waals surface area contributed by atoms with Crippen LogP contribution in [0.1, 0.15) is 75.2 Å². The summed E-state index contributed by atoms with van der Waals surface area (Å²) in [6, 6.07) is 58.3. The molecule has 0 radical (unpaired) electrons. The second-order valence-electron chi connectivity index (χ2n) is 17.6. The molecular formula is C54H45N3O. The smallest absolute Gasteiger partial charge is 0.160 e. The highest BCUT2D eigenvalue weighted by molar-refractivity contribution is 5.89. The molecule has 0 unspecified atom stereocenters. The van der Waals surface area contributed by atoms with Gasteiger partial charge in [-0.2, -0.15) is 0 Å². The van der Waals surface area contributed by atoms with E-state index in [1.807, 2.05) is 6.07 Å². The van der Waals surface area contributed by atoms with Gasteiger partial charge in [-0.1, -0.05) is 169 Å². The highest BCUT2D eigenvalue weighted by Gasteiger charge is 2.51. The van der Waals surface area contributed by atoms with Crippen LogP contribution < -0.4 is 4.74 Å².